The zero-order valence-corrected chi connectivity index (χ0v) is 19.7. The lowest BCUT2D eigenvalue weighted by Crippen LogP contribution is -2.48. The van der Waals surface area contributed by atoms with Crippen LogP contribution in [0.25, 0.3) is 10.9 Å². The van der Waals surface area contributed by atoms with Crippen LogP contribution in [0.15, 0.2) is 54.9 Å². The SMILES string of the molecule is CC(C)(C)OC(=O)N1CC[C@@H](c2ccc(Cl)cn2)[C@H](C(=O)Nc2cccc3cccnc23)C1. The number of nitrogens with zero attached hydrogens (tertiary/aromatic N) is 3. The molecule has 3 aromatic rings. The molecule has 0 unspecified atom stereocenters. The number of likely N-dealkylation sites (tertiary alicyclic amines) is 1. The molecule has 33 heavy (non-hydrogen) atoms. The number of benzene rings is 1. The highest BCUT2D eigenvalue weighted by atomic mass is 35.5. The van der Waals surface area contributed by atoms with Gasteiger partial charge in [0.05, 0.1) is 22.1 Å². The van der Waals surface area contributed by atoms with Gasteiger partial charge in [0.15, 0.2) is 0 Å². The Balaban J connectivity index is 1.61. The highest BCUT2D eigenvalue weighted by Gasteiger charge is 2.39. The van der Waals surface area contributed by atoms with Crippen molar-refractivity contribution in [1.29, 1.82) is 0 Å². The lowest BCUT2D eigenvalue weighted by atomic mass is 9.82. The Bertz CT molecular complexity index is 1160. The van der Waals surface area contributed by atoms with Gasteiger partial charge in [0.2, 0.25) is 5.91 Å². The first-order valence-electron chi connectivity index (χ1n) is 11.0. The summed E-state index contributed by atoms with van der Waals surface area (Å²) in [5.74, 6) is -0.869. The number of hydrogen-bond acceptors (Lipinski definition) is 5. The first-order chi connectivity index (χ1) is 15.7. The van der Waals surface area contributed by atoms with Gasteiger partial charge in [-0.2, -0.15) is 0 Å². The fourth-order valence-corrected chi connectivity index (χ4v) is 4.21. The van der Waals surface area contributed by atoms with E-state index < -0.39 is 17.6 Å². The molecule has 0 saturated carbocycles. The molecule has 0 aliphatic carbocycles. The van der Waals surface area contributed by atoms with E-state index in [9.17, 15) is 9.59 Å². The molecule has 0 bridgehead atoms. The summed E-state index contributed by atoms with van der Waals surface area (Å²) in [6, 6.07) is 13.1. The van der Waals surface area contributed by atoms with Crippen molar-refractivity contribution in [3.8, 4) is 0 Å². The van der Waals surface area contributed by atoms with Crippen molar-refractivity contribution in [3.05, 3.63) is 65.6 Å². The predicted octanol–water partition coefficient (Wildman–Crippen LogP) is 5.26. The van der Waals surface area contributed by atoms with Gasteiger partial charge in [0, 0.05) is 42.5 Å². The molecule has 3 heterocycles. The van der Waals surface area contributed by atoms with Gasteiger partial charge in [-0.25, -0.2) is 4.79 Å². The van der Waals surface area contributed by atoms with Crippen LogP contribution in [-0.2, 0) is 9.53 Å². The van der Waals surface area contributed by atoms with Gasteiger partial charge in [-0.15, -0.1) is 0 Å². The third-order valence-corrected chi connectivity index (χ3v) is 5.85. The Morgan fingerprint density at radius 3 is 2.64 bits per heavy atom. The van der Waals surface area contributed by atoms with E-state index in [4.69, 9.17) is 16.3 Å². The highest BCUT2D eigenvalue weighted by molar-refractivity contribution is 6.30. The van der Waals surface area contributed by atoms with Crippen molar-refractivity contribution in [2.75, 3.05) is 18.4 Å². The van der Waals surface area contributed by atoms with Crippen molar-refractivity contribution in [1.82, 2.24) is 14.9 Å². The van der Waals surface area contributed by atoms with E-state index in [0.717, 1.165) is 11.1 Å². The number of fused-ring (bicyclic) bond motifs is 1. The van der Waals surface area contributed by atoms with Gasteiger partial charge in [0.1, 0.15) is 5.60 Å². The second-order valence-electron chi connectivity index (χ2n) is 9.20. The number of halogens is 1. The first kappa shape index (κ1) is 23.0. The zero-order chi connectivity index (χ0) is 23.6. The average molecular weight is 467 g/mol. The Hall–Kier alpha value is -3.19. The lowest BCUT2D eigenvalue weighted by molar-refractivity contribution is -0.122. The molecular weight excluding hydrogens is 440 g/mol. The first-order valence-corrected chi connectivity index (χ1v) is 11.3. The number of piperidine rings is 1. The van der Waals surface area contributed by atoms with Crippen molar-refractivity contribution in [2.45, 2.75) is 38.7 Å². The lowest BCUT2D eigenvalue weighted by Gasteiger charge is -2.38. The summed E-state index contributed by atoms with van der Waals surface area (Å²) in [4.78, 5) is 36.8. The molecule has 1 fully saturated rings. The maximum absolute atomic E-state index is 13.5. The van der Waals surface area contributed by atoms with Gasteiger partial charge in [0.25, 0.3) is 0 Å². The van der Waals surface area contributed by atoms with Crippen LogP contribution in [-0.4, -0.2) is 45.6 Å². The van der Waals surface area contributed by atoms with E-state index in [0.29, 0.717) is 29.2 Å². The van der Waals surface area contributed by atoms with Crippen LogP contribution in [0.5, 0.6) is 0 Å². The maximum atomic E-state index is 13.5. The summed E-state index contributed by atoms with van der Waals surface area (Å²) in [6.45, 7) is 6.18. The van der Waals surface area contributed by atoms with Crippen molar-refractivity contribution >= 4 is 40.2 Å². The fraction of sp³-hybridized carbons (Fsp3) is 0.360. The highest BCUT2D eigenvalue weighted by Crippen LogP contribution is 2.34. The number of carbonyl (C=O) groups excluding carboxylic acids is 2. The molecule has 2 aromatic heterocycles. The van der Waals surface area contributed by atoms with Crippen molar-refractivity contribution in [2.24, 2.45) is 5.92 Å². The quantitative estimate of drug-likeness (QED) is 0.569. The molecule has 7 nitrogen and oxygen atoms in total. The van der Waals surface area contributed by atoms with E-state index in [2.05, 4.69) is 15.3 Å². The van der Waals surface area contributed by atoms with Crippen molar-refractivity contribution < 1.29 is 14.3 Å². The van der Waals surface area contributed by atoms with E-state index in [-0.39, 0.29) is 18.4 Å². The standard InChI is InChI=1S/C25H27ClN4O3/c1-25(2,3)33-24(32)30-13-11-18(20-10-9-17(26)14-28-20)19(15-30)23(31)29-21-8-4-6-16-7-5-12-27-22(16)21/h4-10,12,14,18-19H,11,13,15H2,1-3H3,(H,29,31)/t18-,19-/m1/s1. The smallest absolute Gasteiger partial charge is 0.410 e. The molecule has 172 valence electrons. The second-order valence-corrected chi connectivity index (χ2v) is 9.64. The maximum Gasteiger partial charge on any atom is 0.410 e. The summed E-state index contributed by atoms with van der Waals surface area (Å²) >= 11 is 6.02. The molecule has 1 aliphatic rings. The monoisotopic (exact) mass is 466 g/mol. The minimum atomic E-state index is -0.613. The Morgan fingerprint density at radius 1 is 1.12 bits per heavy atom. The van der Waals surface area contributed by atoms with Crippen LogP contribution >= 0.6 is 11.6 Å². The van der Waals surface area contributed by atoms with E-state index in [1.165, 1.54) is 0 Å². The molecule has 1 N–H and O–H groups in total. The summed E-state index contributed by atoms with van der Waals surface area (Å²) in [5.41, 5.74) is 1.52. The molecule has 0 radical (unpaired) electrons. The number of hydrogen-bond donors (Lipinski definition) is 1. The van der Waals surface area contributed by atoms with Crippen LogP contribution < -0.4 is 5.32 Å². The van der Waals surface area contributed by atoms with Gasteiger partial charge in [-0.1, -0.05) is 29.8 Å². The molecule has 4 rings (SSSR count). The Labute approximate surface area is 198 Å². The fourth-order valence-electron chi connectivity index (χ4n) is 4.10. The van der Waals surface area contributed by atoms with Crippen LogP contribution in [0.3, 0.4) is 0 Å². The number of aromatic nitrogens is 2. The van der Waals surface area contributed by atoms with Crippen LogP contribution in [0.4, 0.5) is 10.5 Å². The van der Waals surface area contributed by atoms with Gasteiger partial charge >= 0.3 is 6.09 Å². The second kappa shape index (κ2) is 9.35. The Kier molecular flexibility index (Phi) is 6.51. The number of amides is 2. The number of ether oxygens (including phenoxy) is 1. The molecule has 1 aromatic carbocycles. The van der Waals surface area contributed by atoms with Crippen molar-refractivity contribution in [3.63, 3.8) is 0 Å². The largest absolute Gasteiger partial charge is 0.444 e. The number of carbonyl (C=O) groups is 2. The van der Waals surface area contributed by atoms with Gasteiger partial charge in [-0.05, 0) is 51.5 Å². The average Bonchev–Trinajstić information content (AvgIpc) is 2.78. The topological polar surface area (TPSA) is 84.4 Å². The van der Waals surface area contributed by atoms with E-state index in [1.807, 2.05) is 57.2 Å². The van der Waals surface area contributed by atoms with Crippen LogP contribution in [0.2, 0.25) is 5.02 Å². The number of para-hydroxylation sites is 1. The van der Waals surface area contributed by atoms with Gasteiger partial charge in [-0.3, -0.25) is 14.8 Å². The van der Waals surface area contributed by atoms with Crippen LogP contribution in [0, 0.1) is 5.92 Å². The molecule has 0 spiro atoms. The summed E-state index contributed by atoms with van der Waals surface area (Å²) < 4.78 is 5.55. The molecule has 2 atom stereocenters. The molecule has 8 heteroatoms. The summed E-state index contributed by atoms with van der Waals surface area (Å²) in [5, 5.41) is 4.51. The number of anilines is 1. The molecule has 1 saturated heterocycles. The Morgan fingerprint density at radius 2 is 1.91 bits per heavy atom. The van der Waals surface area contributed by atoms with Gasteiger partial charge < -0.3 is 15.0 Å². The van der Waals surface area contributed by atoms with E-state index in [1.54, 1.807) is 23.4 Å². The third kappa shape index (κ3) is 5.42. The zero-order valence-electron chi connectivity index (χ0n) is 18.9. The predicted molar refractivity (Wildman–Crippen MR) is 128 cm³/mol. The molecule has 2 amide bonds. The summed E-state index contributed by atoms with van der Waals surface area (Å²) in [6.07, 6.45) is 3.44. The molecular formula is C25H27ClN4O3. The number of nitrogens with one attached hydrogen (secondary N) is 1. The normalized spacial score (nSPS) is 18.7. The number of pyridine rings is 2. The number of rotatable bonds is 3. The van der Waals surface area contributed by atoms with Crippen LogP contribution in [0.1, 0.15) is 38.8 Å². The molecule has 1 aliphatic heterocycles. The minimum absolute atomic E-state index is 0.163. The van der Waals surface area contributed by atoms with E-state index >= 15 is 0 Å². The summed E-state index contributed by atoms with van der Waals surface area (Å²) in [7, 11) is 0. The third-order valence-electron chi connectivity index (χ3n) is 5.62. The minimum Gasteiger partial charge on any atom is -0.444 e.